The number of carboxylic acid groups (broad SMARTS) is 2. The van der Waals surface area contributed by atoms with Crippen LogP contribution in [0.4, 0.5) is 0 Å². The summed E-state index contributed by atoms with van der Waals surface area (Å²) in [6, 6.07) is 0. The third-order valence-corrected chi connectivity index (χ3v) is 3.11. The smallest absolute Gasteiger partial charge is 0.313 e. The summed E-state index contributed by atoms with van der Waals surface area (Å²) in [5, 5.41) is 50.6. The van der Waals surface area contributed by atoms with Gasteiger partial charge in [0, 0.05) is 25.7 Å². The monoisotopic (exact) mass is 382 g/mol. The molecule has 0 fully saturated rings. The van der Waals surface area contributed by atoms with Crippen LogP contribution in [0.3, 0.4) is 0 Å². The van der Waals surface area contributed by atoms with E-state index >= 15 is 0 Å². The van der Waals surface area contributed by atoms with E-state index in [4.69, 9.17) is 30.6 Å². The van der Waals surface area contributed by atoms with Crippen LogP contribution in [0.2, 0.25) is 0 Å². The Bertz CT molecular complexity index is 395. The highest BCUT2D eigenvalue weighted by atomic mass is 16.6. The standard InChI is InChI=1S/C10H14O7.C5H12O4/c11-7(12)3-1-5-9(15)17-10(16)6-2-4-8(13)14;6-1-5(2-7,3-8)4-9/h1-6H2,(H,11,12)(H,13,14);6-9H,1-4H2. The first-order valence-electron chi connectivity index (χ1n) is 7.77. The molecule has 11 nitrogen and oxygen atoms in total. The molecule has 0 saturated heterocycles. The Hall–Kier alpha value is -2.08. The Kier molecular flexibility index (Phi) is 15.3. The van der Waals surface area contributed by atoms with Crippen molar-refractivity contribution in [3.05, 3.63) is 0 Å². The maximum absolute atomic E-state index is 11.0. The number of carbonyl (C=O) groups is 4. The van der Waals surface area contributed by atoms with E-state index in [0.29, 0.717) is 0 Å². The predicted octanol–water partition coefficient (Wildman–Crippen LogP) is -1.49. The maximum Gasteiger partial charge on any atom is 0.313 e. The first-order chi connectivity index (χ1) is 12.2. The fourth-order valence-corrected chi connectivity index (χ4v) is 1.30. The molecule has 26 heavy (non-hydrogen) atoms. The second kappa shape index (κ2) is 15.2. The summed E-state index contributed by atoms with van der Waals surface area (Å²) in [5.41, 5.74) is -1.11. The van der Waals surface area contributed by atoms with E-state index in [9.17, 15) is 19.2 Å². The van der Waals surface area contributed by atoms with Crippen molar-refractivity contribution in [2.24, 2.45) is 5.41 Å². The number of aliphatic hydroxyl groups excluding tert-OH is 4. The normalized spacial score (nSPS) is 10.5. The summed E-state index contributed by atoms with van der Waals surface area (Å²) >= 11 is 0. The lowest BCUT2D eigenvalue weighted by Crippen LogP contribution is -2.37. The Balaban J connectivity index is 0. The van der Waals surface area contributed by atoms with Crippen molar-refractivity contribution in [3.8, 4) is 0 Å². The second-order valence-corrected chi connectivity index (χ2v) is 5.47. The zero-order valence-electron chi connectivity index (χ0n) is 14.3. The maximum atomic E-state index is 11.0. The zero-order valence-corrected chi connectivity index (χ0v) is 14.3. The molecule has 0 aliphatic carbocycles. The molecule has 0 atom stereocenters. The molecule has 0 bridgehead atoms. The lowest BCUT2D eigenvalue weighted by molar-refractivity contribution is -0.159. The molecule has 0 aromatic rings. The number of aliphatic carboxylic acids is 2. The fourth-order valence-electron chi connectivity index (χ4n) is 1.30. The lowest BCUT2D eigenvalue weighted by Gasteiger charge is -2.23. The number of hydrogen-bond acceptors (Lipinski definition) is 9. The van der Waals surface area contributed by atoms with Gasteiger partial charge in [0.15, 0.2) is 0 Å². The topological polar surface area (TPSA) is 199 Å². The van der Waals surface area contributed by atoms with E-state index < -0.39 is 55.7 Å². The highest BCUT2D eigenvalue weighted by Crippen LogP contribution is 2.11. The number of carboxylic acids is 2. The summed E-state index contributed by atoms with van der Waals surface area (Å²) in [6.07, 6.45) is -0.397. The van der Waals surface area contributed by atoms with E-state index in [1.165, 1.54) is 0 Å². The lowest BCUT2D eigenvalue weighted by atomic mass is 9.93. The van der Waals surface area contributed by atoms with Crippen LogP contribution in [-0.2, 0) is 23.9 Å². The molecule has 0 aliphatic rings. The fraction of sp³-hybridized carbons (Fsp3) is 0.733. The highest BCUT2D eigenvalue weighted by molar-refractivity contribution is 5.85. The number of carbonyl (C=O) groups excluding carboxylic acids is 2. The van der Waals surface area contributed by atoms with Crippen molar-refractivity contribution in [3.63, 3.8) is 0 Å². The van der Waals surface area contributed by atoms with Crippen LogP contribution in [0.25, 0.3) is 0 Å². The van der Waals surface area contributed by atoms with Gasteiger partial charge in [-0.25, -0.2) is 0 Å². The van der Waals surface area contributed by atoms with Gasteiger partial charge in [-0.2, -0.15) is 0 Å². The third-order valence-electron chi connectivity index (χ3n) is 3.11. The SMILES string of the molecule is O=C(O)CCCC(=O)OC(=O)CCCC(=O)O.OCC(CO)(CO)CO. The molecule has 0 unspecified atom stereocenters. The molecule has 0 heterocycles. The van der Waals surface area contributed by atoms with Gasteiger partial charge >= 0.3 is 23.9 Å². The summed E-state index contributed by atoms with van der Waals surface area (Å²) < 4.78 is 4.35. The molecule has 0 saturated carbocycles. The molecular formula is C15H26O11. The molecule has 0 amide bonds. The Morgan fingerprint density at radius 1 is 0.615 bits per heavy atom. The van der Waals surface area contributed by atoms with Gasteiger partial charge in [-0.15, -0.1) is 0 Å². The minimum absolute atomic E-state index is 0.108. The van der Waals surface area contributed by atoms with Crippen molar-refractivity contribution in [2.45, 2.75) is 38.5 Å². The summed E-state index contributed by atoms with van der Waals surface area (Å²) in [7, 11) is 0. The van der Waals surface area contributed by atoms with Crippen LogP contribution in [0.15, 0.2) is 0 Å². The number of aliphatic hydroxyl groups is 4. The predicted molar refractivity (Wildman–Crippen MR) is 84.8 cm³/mol. The number of hydrogen-bond donors (Lipinski definition) is 6. The molecule has 11 heteroatoms. The van der Waals surface area contributed by atoms with Crippen molar-refractivity contribution < 1.29 is 54.6 Å². The first kappa shape index (κ1) is 26.2. The quantitative estimate of drug-likeness (QED) is 0.170. The summed E-state index contributed by atoms with van der Waals surface area (Å²) in [5.74, 6) is -3.62. The van der Waals surface area contributed by atoms with Crippen LogP contribution in [0.1, 0.15) is 38.5 Å². The van der Waals surface area contributed by atoms with Crippen molar-refractivity contribution in [1.82, 2.24) is 0 Å². The van der Waals surface area contributed by atoms with Crippen LogP contribution >= 0.6 is 0 Å². The number of rotatable bonds is 12. The Labute approximate surface area is 149 Å². The molecule has 0 aromatic heterocycles. The van der Waals surface area contributed by atoms with Crippen molar-refractivity contribution in [1.29, 1.82) is 0 Å². The van der Waals surface area contributed by atoms with Gasteiger partial charge in [-0.3, -0.25) is 19.2 Å². The van der Waals surface area contributed by atoms with Gasteiger partial charge in [0.05, 0.1) is 31.8 Å². The molecule has 6 N–H and O–H groups in total. The van der Waals surface area contributed by atoms with E-state index in [2.05, 4.69) is 4.74 Å². The average molecular weight is 382 g/mol. The van der Waals surface area contributed by atoms with Gasteiger partial charge in [-0.1, -0.05) is 0 Å². The van der Waals surface area contributed by atoms with Gasteiger partial charge < -0.3 is 35.4 Å². The van der Waals surface area contributed by atoms with Crippen LogP contribution < -0.4 is 0 Å². The molecule has 152 valence electrons. The minimum atomic E-state index is -1.11. The first-order valence-corrected chi connectivity index (χ1v) is 7.77. The van der Waals surface area contributed by atoms with Crippen LogP contribution in [0.5, 0.6) is 0 Å². The van der Waals surface area contributed by atoms with E-state index in [0.717, 1.165) is 0 Å². The van der Waals surface area contributed by atoms with Crippen molar-refractivity contribution >= 4 is 23.9 Å². The molecule has 0 aliphatic heterocycles. The van der Waals surface area contributed by atoms with Gasteiger partial charge in [0.2, 0.25) is 0 Å². The van der Waals surface area contributed by atoms with E-state index in [-0.39, 0.29) is 38.5 Å². The number of ether oxygens (including phenoxy) is 1. The molecule has 0 spiro atoms. The molecule has 0 aromatic carbocycles. The third kappa shape index (κ3) is 14.3. The molecule has 0 rings (SSSR count). The largest absolute Gasteiger partial charge is 0.481 e. The van der Waals surface area contributed by atoms with Crippen molar-refractivity contribution in [2.75, 3.05) is 26.4 Å². The second-order valence-electron chi connectivity index (χ2n) is 5.47. The summed E-state index contributed by atoms with van der Waals surface area (Å²) in [6.45, 7) is -1.62. The highest BCUT2D eigenvalue weighted by Gasteiger charge is 2.26. The van der Waals surface area contributed by atoms with E-state index in [1.807, 2.05) is 0 Å². The molecule has 0 radical (unpaired) electrons. The van der Waals surface area contributed by atoms with E-state index in [1.54, 1.807) is 0 Å². The number of esters is 2. The summed E-state index contributed by atoms with van der Waals surface area (Å²) in [4.78, 5) is 42.2. The Morgan fingerprint density at radius 2 is 0.923 bits per heavy atom. The zero-order chi connectivity index (χ0) is 20.6. The van der Waals surface area contributed by atoms with Crippen LogP contribution in [0, 0.1) is 5.41 Å². The average Bonchev–Trinajstić information content (AvgIpc) is 2.57. The van der Waals surface area contributed by atoms with Gasteiger partial charge in [0.1, 0.15) is 0 Å². The Morgan fingerprint density at radius 3 is 1.12 bits per heavy atom. The van der Waals surface area contributed by atoms with Gasteiger partial charge in [0.25, 0.3) is 0 Å². The van der Waals surface area contributed by atoms with Crippen LogP contribution in [-0.4, -0.2) is 80.9 Å². The molecular weight excluding hydrogens is 356 g/mol. The van der Waals surface area contributed by atoms with Gasteiger partial charge in [-0.05, 0) is 12.8 Å². The minimum Gasteiger partial charge on any atom is -0.481 e.